The second kappa shape index (κ2) is 4.71. The Morgan fingerprint density at radius 3 is 2.73 bits per heavy atom. The van der Waals surface area contributed by atoms with Crippen molar-refractivity contribution >= 4 is 17.5 Å². The number of hydrogen-bond acceptors (Lipinski definition) is 2. The number of nitrogens with one attached hydrogen (secondary N) is 1. The number of halogens is 1. The maximum Gasteiger partial charge on any atom is 0.252 e. The van der Waals surface area contributed by atoms with Gasteiger partial charge in [-0.25, -0.2) is 0 Å². The number of ether oxygens (including phenoxy) is 1. The molecule has 1 N–H and O–H groups in total. The lowest BCUT2D eigenvalue weighted by Crippen LogP contribution is -2.54. The first-order valence-corrected chi connectivity index (χ1v) is 6.02. The van der Waals surface area contributed by atoms with Crippen LogP contribution in [0, 0.1) is 0 Å². The summed E-state index contributed by atoms with van der Waals surface area (Å²) in [5.74, 6) is 0.385. The third-order valence-electron chi connectivity index (χ3n) is 3.19. The van der Waals surface area contributed by atoms with E-state index in [1.54, 1.807) is 0 Å². The minimum atomic E-state index is -0.650. The highest BCUT2D eigenvalue weighted by molar-refractivity contribution is 6.18. The van der Waals surface area contributed by atoms with E-state index in [-0.39, 0.29) is 11.4 Å². The molecule has 1 rings (SSSR count). The van der Waals surface area contributed by atoms with Crippen molar-refractivity contribution in [3.8, 4) is 0 Å². The van der Waals surface area contributed by atoms with Crippen molar-refractivity contribution in [3.05, 3.63) is 0 Å². The van der Waals surface area contributed by atoms with Crippen LogP contribution in [-0.4, -0.2) is 29.5 Å². The average Bonchev–Trinajstić information content (AvgIpc) is 2.66. The molecule has 1 fully saturated rings. The summed E-state index contributed by atoms with van der Waals surface area (Å²) in [6.45, 7) is 6.49. The van der Waals surface area contributed by atoms with E-state index in [1.807, 2.05) is 20.8 Å². The van der Waals surface area contributed by atoms with Crippen molar-refractivity contribution in [1.82, 2.24) is 5.32 Å². The topological polar surface area (TPSA) is 38.3 Å². The van der Waals surface area contributed by atoms with E-state index in [1.165, 1.54) is 0 Å². The fraction of sp³-hybridized carbons (Fsp3) is 0.909. The van der Waals surface area contributed by atoms with Crippen molar-refractivity contribution in [2.24, 2.45) is 0 Å². The molecule has 2 atom stereocenters. The van der Waals surface area contributed by atoms with Crippen LogP contribution in [0.15, 0.2) is 0 Å². The van der Waals surface area contributed by atoms with Gasteiger partial charge in [0.2, 0.25) is 0 Å². The van der Waals surface area contributed by atoms with E-state index < -0.39 is 5.60 Å². The van der Waals surface area contributed by atoms with Gasteiger partial charge < -0.3 is 10.1 Å². The molecule has 1 amide bonds. The smallest absolute Gasteiger partial charge is 0.252 e. The predicted molar refractivity (Wildman–Crippen MR) is 61.1 cm³/mol. The lowest BCUT2D eigenvalue weighted by molar-refractivity contribution is -0.141. The Balaban J connectivity index is 2.61. The number of hydrogen-bond donors (Lipinski definition) is 1. The molecular weight excluding hydrogens is 214 g/mol. The van der Waals surface area contributed by atoms with E-state index in [4.69, 9.17) is 16.3 Å². The summed E-state index contributed by atoms with van der Waals surface area (Å²) in [5.41, 5.74) is -0.976. The summed E-state index contributed by atoms with van der Waals surface area (Å²) in [6.07, 6.45) is 2.56. The molecule has 88 valence electrons. The van der Waals surface area contributed by atoms with Gasteiger partial charge in [0.05, 0.1) is 5.54 Å². The van der Waals surface area contributed by atoms with Gasteiger partial charge in [0.15, 0.2) is 0 Å². The van der Waals surface area contributed by atoms with Crippen molar-refractivity contribution in [1.29, 1.82) is 0 Å². The van der Waals surface area contributed by atoms with Crippen LogP contribution in [0.3, 0.4) is 0 Å². The van der Waals surface area contributed by atoms with Crippen LogP contribution < -0.4 is 5.32 Å². The summed E-state index contributed by atoms with van der Waals surface area (Å²) in [4.78, 5) is 12.0. The summed E-state index contributed by atoms with van der Waals surface area (Å²) in [7, 11) is 0. The molecule has 0 aliphatic carbocycles. The Labute approximate surface area is 96.5 Å². The van der Waals surface area contributed by atoms with Gasteiger partial charge in [0.1, 0.15) is 5.60 Å². The average molecular weight is 234 g/mol. The summed E-state index contributed by atoms with van der Waals surface area (Å²) in [6, 6.07) is 0. The molecule has 0 saturated carbocycles. The maximum atomic E-state index is 12.0. The number of carbonyl (C=O) groups is 1. The van der Waals surface area contributed by atoms with Gasteiger partial charge >= 0.3 is 0 Å². The van der Waals surface area contributed by atoms with E-state index >= 15 is 0 Å². The Kier molecular flexibility index (Phi) is 4.01. The van der Waals surface area contributed by atoms with Gasteiger partial charge in [0.25, 0.3) is 5.91 Å². The second-order valence-electron chi connectivity index (χ2n) is 4.68. The van der Waals surface area contributed by atoms with Crippen molar-refractivity contribution in [2.45, 2.75) is 51.2 Å². The molecule has 0 spiro atoms. The van der Waals surface area contributed by atoms with Crippen molar-refractivity contribution < 1.29 is 9.53 Å². The normalized spacial score (nSPS) is 29.9. The lowest BCUT2D eigenvalue weighted by Gasteiger charge is -2.32. The van der Waals surface area contributed by atoms with E-state index in [9.17, 15) is 4.79 Å². The molecule has 1 aliphatic rings. The van der Waals surface area contributed by atoms with Crippen molar-refractivity contribution in [2.75, 3.05) is 12.5 Å². The first-order chi connectivity index (χ1) is 6.96. The molecule has 0 radical (unpaired) electrons. The third kappa shape index (κ3) is 2.85. The first-order valence-electron chi connectivity index (χ1n) is 5.48. The van der Waals surface area contributed by atoms with Crippen molar-refractivity contribution in [3.63, 3.8) is 0 Å². The highest BCUT2D eigenvalue weighted by atomic mass is 35.5. The van der Waals surface area contributed by atoms with Gasteiger partial charge in [-0.1, -0.05) is 6.92 Å². The Bertz CT molecular complexity index is 233. The van der Waals surface area contributed by atoms with Gasteiger partial charge in [-0.3, -0.25) is 4.79 Å². The highest BCUT2D eigenvalue weighted by Gasteiger charge is 2.40. The zero-order chi connectivity index (χ0) is 11.5. The predicted octanol–water partition coefficient (Wildman–Crippen LogP) is 2.08. The number of amides is 1. The molecule has 0 bridgehead atoms. The van der Waals surface area contributed by atoms with Gasteiger partial charge in [-0.05, 0) is 33.1 Å². The van der Waals surface area contributed by atoms with Crippen LogP contribution >= 0.6 is 11.6 Å². The quantitative estimate of drug-likeness (QED) is 0.756. The fourth-order valence-corrected chi connectivity index (χ4v) is 1.84. The Hall–Kier alpha value is -0.280. The molecule has 15 heavy (non-hydrogen) atoms. The largest absolute Gasteiger partial charge is 0.365 e. The summed E-state index contributed by atoms with van der Waals surface area (Å²) >= 11 is 5.85. The zero-order valence-electron chi connectivity index (χ0n) is 9.73. The van der Waals surface area contributed by atoms with Crippen LogP contribution in [-0.2, 0) is 9.53 Å². The number of carbonyl (C=O) groups excluding carboxylic acids is 1. The number of rotatable bonds is 4. The van der Waals surface area contributed by atoms with E-state index in [2.05, 4.69) is 5.32 Å². The van der Waals surface area contributed by atoms with E-state index in [0.717, 1.165) is 19.3 Å². The number of alkyl halides is 1. The first kappa shape index (κ1) is 12.8. The van der Waals surface area contributed by atoms with Gasteiger partial charge in [-0.2, -0.15) is 0 Å². The molecule has 1 saturated heterocycles. The maximum absolute atomic E-state index is 12.0. The standard InChI is InChI=1S/C11H20ClNO2/c1-4-10(2,8-12)13-9(14)11(3)6-5-7-15-11/h4-8H2,1-3H3,(H,13,14). The second-order valence-corrected chi connectivity index (χ2v) is 4.95. The lowest BCUT2D eigenvalue weighted by atomic mass is 9.96. The molecule has 1 aliphatic heterocycles. The summed E-state index contributed by atoms with van der Waals surface area (Å²) < 4.78 is 5.48. The molecule has 2 unspecified atom stereocenters. The zero-order valence-corrected chi connectivity index (χ0v) is 10.5. The Morgan fingerprint density at radius 2 is 2.33 bits per heavy atom. The monoisotopic (exact) mass is 233 g/mol. The van der Waals surface area contributed by atoms with Gasteiger partial charge in [-0.15, -0.1) is 11.6 Å². The minimum Gasteiger partial charge on any atom is -0.365 e. The highest BCUT2D eigenvalue weighted by Crippen LogP contribution is 2.26. The molecule has 0 aromatic heterocycles. The molecule has 0 aromatic rings. The molecule has 0 aromatic carbocycles. The van der Waals surface area contributed by atoms with Crippen LogP contribution in [0.25, 0.3) is 0 Å². The van der Waals surface area contributed by atoms with Crippen LogP contribution in [0.1, 0.15) is 40.0 Å². The summed E-state index contributed by atoms with van der Waals surface area (Å²) in [5, 5.41) is 2.98. The van der Waals surface area contributed by atoms with Crippen LogP contribution in [0.4, 0.5) is 0 Å². The fourth-order valence-electron chi connectivity index (χ4n) is 1.58. The molecule has 3 nitrogen and oxygen atoms in total. The van der Waals surface area contributed by atoms with Gasteiger partial charge in [0, 0.05) is 12.5 Å². The van der Waals surface area contributed by atoms with E-state index in [0.29, 0.717) is 12.5 Å². The molecular formula is C11H20ClNO2. The van der Waals surface area contributed by atoms with Crippen LogP contribution in [0.2, 0.25) is 0 Å². The third-order valence-corrected chi connectivity index (χ3v) is 3.78. The molecule has 1 heterocycles. The van der Waals surface area contributed by atoms with Crippen LogP contribution in [0.5, 0.6) is 0 Å². The minimum absolute atomic E-state index is 0.0370. The Morgan fingerprint density at radius 1 is 1.67 bits per heavy atom. The molecule has 4 heteroatoms. The SMILES string of the molecule is CCC(C)(CCl)NC(=O)C1(C)CCCO1.